The van der Waals surface area contributed by atoms with Crippen LogP contribution in [0.5, 0.6) is 0 Å². The summed E-state index contributed by atoms with van der Waals surface area (Å²) in [5.41, 5.74) is 0.648. The van der Waals surface area contributed by atoms with Crippen molar-refractivity contribution in [3.63, 3.8) is 0 Å². The SMILES string of the molecule is CSc1ccc(Cl)c(C(=O)N2CCC(CN3CCCC3)C2)c1. The number of nitrogens with zero attached hydrogens (tertiary/aromatic N) is 2. The van der Waals surface area contributed by atoms with Gasteiger partial charge >= 0.3 is 0 Å². The fourth-order valence-electron chi connectivity index (χ4n) is 3.46. The molecule has 0 aliphatic carbocycles. The van der Waals surface area contributed by atoms with Crippen molar-refractivity contribution >= 4 is 29.3 Å². The summed E-state index contributed by atoms with van der Waals surface area (Å²) < 4.78 is 0. The number of carbonyl (C=O) groups is 1. The van der Waals surface area contributed by atoms with E-state index in [9.17, 15) is 4.79 Å². The maximum Gasteiger partial charge on any atom is 0.255 e. The standard InChI is InChI=1S/C17H23ClN2OS/c1-22-14-4-5-16(18)15(10-14)17(21)20-9-6-13(12-20)11-19-7-2-3-8-19/h4-5,10,13H,2-3,6-9,11-12H2,1H3. The highest BCUT2D eigenvalue weighted by atomic mass is 35.5. The van der Waals surface area contributed by atoms with Gasteiger partial charge in [-0.15, -0.1) is 11.8 Å². The maximum atomic E-state index is 12.7. The topological polar surface area (TPSA) is 23.6 Å². The van der Waals surface area contributed by atoms with Crippen LogP contribution in [0.3, 0.4) is 0 Å². The van der Waals surface area contributed by atoms with Crippen molar-refractivity contribution in [3.05, 3.63) is 28.8 Å². The van der Waals surface area contributed by atoms with Gasteiger partial charge in [0.2, 0.25) is 0 Å². The molecule has 2 fully saturated rings. The van der Waals surface area contributed by atoms with Gasteiger partial charge in [0.1, 0.15) is 0 Å². The van der Waals surface area contributed by atoms with E-state index in [1.54, 1.807) is 11.8 Å². The molecule has 0 radical (unpaired) electrons. The molecule has 2 aliphatic rings. The largest absolute Gasteiger partial charge is 0.338 e. The third-order valence-corrected chi connectivity index (χ3v) is 5.75. The molecule has 0 saturated carbocycles. The number of likely N-dealkylation sites (tertiary alicyclic amines) is 2. The minimum atomic E-state index is 0.0878. The molecule has 0 aromatic heterocycles. The second-order valence-corrected chi connectivity index (χ2v) is 7.55. The highest BCUT2D eigenvalue weighted by Crippen LogP contribution is 2.27. The minimum absolute atomic E-state index is 0.0878. The van der Waals surface area contributed by atoms with E-state index in [1.807, 2.05) is 29.4 Å². The molecule has 3 rings (SSSR count). The highest BCUT2D eigenvalue weighted by Gasteiger charge is 2.29. The number of hydrogen-bond donors (Lipinski definition) is 0. The van der Waals surface area contributed by atoms with E-state index < -0.39 is 0 Å². The predicted octanol–water partition coefficient (Wildman–Crippen LogP) is 3.62. The van der Waals surface area contributed by atoms with Crippen molar-refractivity contribution in [1.29, 1.82) is 0 Å². The number of amides is 1. The molecule has 0 bridgehead atoms. The van der Waals surface area contributed by atoms with Gasteiger partial charge in [0.15, 0.2) is 0 Å². The summed E-state index contributed by atoms with van der Waals surface area (Å²) in [6.45, 7) is 5.33. The van der Waals surface area contributed by atoms with Crippen LogP contribution in [-0.4, -0.2) is 54.7 Å². The number of thioether (sulfide) groups is 1. The smallest absolute Gasteiger partial charge is 0.255 e. The Morgan fingerprint density at radius 3 is 2.82 bits per heavy atom. The van der Waals surface area contributed by atoms with Crippen LogP contribution in [0.2, 0.25) is 5.02 Å². The summed E-state index contributed by atoms with van der Waals surface area (Å²) in [5, 5.41) is 0.561. The number of benzene rings is 1. The Hall–Kier alpha value is -0.710. The lowest BCUT2D eigenvalue weighted by Gasteiger charge is -2.21. The number of halogens is 1. The van der Waals surface area contributed by atoms with Crippen LogP contribution in [0.1, 0.15) is 29.6 Å². The zero-order valence-corrected chi connectivity index (χ0v) is 14.6. The first-order chi connectivity index (χ1) is 10.7. The fraction of sp³-hybridized carbons (Fsp3) is 0.588. The van der Waals surface area contributed by atoms with E-state index in [1.165, 1.54) is 25.9 Å². The first-order valence-electron chi connectivity index (χ1n) is 8.02. The Morgan fingerprint density at radius 1 is 1.32 bits per heavy atom. The van der Waals surface area contributed by atoms with Crippen LogP contribution in [0.25, 0.3) is 0 Å². The predicted molar refractivity (Wildman–Crippen MR) is 92.9 cm³/mol. The quantitative estimate of drug-likeness (QED) is 0.783. The van der Waals surface area contributed by atoms with Crippen molar-refractivity contribution < 1.29 is 4.79 Å². The van der Waals surface area contributed by atoms with Crippen LogP contribution in [0.4, 0.5) is 0 Å². The lowest BCUT2D eigenvalue weighted by molar-refractivity contribution is 0.0784. The van der Waals surface area contributed by atoms with Gasteiger partial charge in [-0.25, -0.2) is 0 Å². The average molecular weight is 339 g/mol. The van der Waals surface area contributed by atoms with Crippen molar-refractivity contribution in [3.8, 4) is 0 Å². The zero-order chi connectivity index (χ0) is 15.5. The number of carbonyl (C=O) groups excluding carboxylic acids is 1. The van der Waals surface area contributed by atoms with Crippen molar-refractivity contribution in [2.45, 2.75) is 24.2 Å². The second-order valence-electron chi connectivity index (χ2n) is 6.26. The van der Waals surface area contributed by atoms with Gasteiger partial charge in [0.05, 0.1) is 10.6 Å². The highest BCUT2D eigenvalue weighted by molar-refractivity contribution is 7.98. The Kier molecular flexibility index (Phi) is 5.32. The molecule has 0 N–H and O–H groups in total. The summed E-state index contributed by atoms with van der Waals surface area (Å²) in [6, 6.07) is 5.71. The van der Waals surface area contributed by atoms with Crippen molar-refractivity contribution in [2.24, 2.45) is 5.92 Å². The van der Waals surface area contributed by atoms with Gasteiger partial charge in [-0.3, -0.25) is 4.79 Å². The van der Waals surface area contributed by atoms with E-state index in [0.717, 1.165) is 31.0 Å². The molecule has 1 aromatic carbocycles. The fourth-order valence-corrected chi connectivity index (χ4v) is 4.10. The Bertz CT molecular complexity index is 545. The molecule has 2 aliphatic heterocycles. The normalized spacial score (nSPS) is 22.5. The molecule has 2 heterocycles. The monoisotopic (exact) mass is 338 g/mol. The maximum absolute atomic E-state index is 12.7. The van der Waals surface area contributed by atoms with Gasteiger partial charge in [0, 0.05) is 24.5 Å². The summed E-state index contributed by atoms with van der Waals surface area (Å²) in [4.78, 5) is 18.3. The minimum Gasteiger partial charge on any atom is -0.338 e. The Morgan fingerprint density at radius 2 is 2.09 bits per heavy atom. The molecular weight excluding hydrogens is 316 g/mol. The van der Waals surface area contributed by atoms with E-state index in [4.69, 9.17) is 11.6 Å². The van der Waals surface area contributed by atoms with Crippen LogP contribution in [-0.2, 0) is 0 Å². The summed E-state index contributed by atoms with van der Waals surface area (Å²) >= 11 is 7.87. The molecule has 5 heteroatoms. The molecule has 22 heavy (non-hydrogen) atoms. The van der Waals surface area contributed by atoms with E-state index in [2.05, 4.69) is 4.90 Å². The van der Waals surface area contributed by atoms with Crippen molar-refractivity contribution in [1.82, 2.24) is 9.80 Å². The third kappa shape index (κ3) is 3.61. The Balaban J connectivity index is 1.63. The lowest BCUT2D eigenvalue weighted by Crippen LogP contribution is -2.32. The summed E-state index contributed by atoms with van der Waals surface area (Å²) in [6.07, 6.45) is 5.78. The van der Waals surface area contributed by atoms with E-state index in [0.29, 0.717) is 16.5 Å². The van der Waals surface area contributed by atoms with Crippen LogP contribution < -0.4 is 0 Å². The first-order valence-corrected chi connectivity index (χ1v) is 9.63. The van der Waals surface area contributed by atoms with Crippen LogP contribution in [0.15, 0.2) is 23.1 Å². The number of rotatable bonds is 4. The third-order valence-electron chi connectivity index (χ3n) is 4.69. The van der Waals surface area contributed by atoms with Crippen LogP contribution >= 0.6 is 23.4 Å². The number of hydrogen-bond acceptors (Lipinski definition) is 3. The summed E-state index contributed by atoms with van der Waals surface area (Å²) in [7, 11) is 0. The average Bonchev–Trinajstić information content (AvgIpc) is 3.19. The molecule has 3 nitrogen and oxygen atoms in total. The van der Waals surface area contributed by atoms with Gasteiger partial charge in [-0.2, -0.15) is 0 Å². The van der Waals surface area contributed by atoms with Crippen molar-refractivity contribution in [2.75, 3.05) is 39.0 Å². The molecule has 2 saturated heterocycles. The Labute approximate surface area is 142 Å². The molecule has 1 amide bonds. The van der Waals surface area contributed by atoms with Gasteiger partial charge < -0.3 is 9.80 Å². The second kappa shape index (κ2) is 7.24. The molecular formula is C17H23ClN2OS. The van der Waals surface area contributed by atoms with Crippen LogP contribution in [0, 0.1) is 5.92 Å². The van der Waals surface area contributed by atoms with Gasteiger partial charge in [-0.1, -0.05) is 11.6 Å². The molecule has 1 atom stereocenters. The molecule has 0 spiro atoms. The molecule has 1 aromatic rings. The van der Waals surface area contributed by atoms with Gasteiger partial charge in [-0.05, 0) is 62.7 Å². The molecule has 1 unspecified atom stereocenters. The van der Waals surface area contributed by atoms with Gasteiger partial charge in [0.25, 0.3) is 5.91 Å². The molecule has 120 valence electrons. The van der Waals surface area contributed by atoms with E-state index >= 15 is 0 Å². The summed E-state index contributed by atoms with van der Waals surface area (Å²) in [5.74, 6) is 0.703. The zero-order valence-electron chi connectivity index (χ0n) is 13.1. The van der Waals surface area contributed by atoms with E-state index in [-0.39, 0.29) is 5.91 Å². The lowest BCUT2D eigenvalue weighted by atomic mass is 10.1. The first kappa shape index (κ1) is 16.2.